The van der Waals surface area contributed by atoms with Crippen molar-refractivity contribution in [2.45, 2.75) is 17.6 Å². The molecule has 0 fully saturated rings. The Kier molecular flexibility index (Phi) is 5.97. The molecule has 25 heavy (non-hydrogen) atoms. The maximum atomic E-state index is 12.1. The van der Waals surface area contributed by atoms with Crippen LogP contribution in [0.2, 0.25) is 0 Å². The molecule has 2 rings (SSSR count). The van der Waals surface area contributed by atoms with Crippen molar-refractivity contribution in [2.24, 2.45) is 5.92 Å². The number of sulfone groups is 1. The van der Waals surface area contributed by atoms with Crippen molar-refractivity contribution in [3.8, 4) is 0 Å². The fourth-order valence-electron chi connectivity index (χ4n) is 2.31. The first-order chi connectivity index (χ1) is 11.7. The average Bonchev–Trinajstić information content (AvgIpc) is 3.01. The van der Waals surface area contributed by atoms with Gasteiger partial charge in [0, 0.05) is 12.8 Å². The van der Waals surface area contributed by atoms with Gasteiger partial charge in [-0.05, 0) is 31.0 Å². The summed E-state index contributed by atoms with van der Waals surface area (Å²) in [6.45, 7) is 1.89. The number of hydrogen-bond donors (Lipinski definition) is 2. The lowest BCUT2D eigenvalue weighted by Gasteiger charge is -2.13. The normalized spacial score (nSPS) is 12.6. The van der Waals surface area contributed by atoms with E-state index in [0.29, 0.717) is 6.42 Å². The van der Waals surface area contributed by atoms with Crippen LogP contribution < -0.4 is 5.32 Å². The van der Waals surface area contributed by atoms with E-state index in [4.69, 9.17) is 0 Å². The fraction of sp³-hybridized carbons (Fsp3) is 0.294. The van der Waals surface area contributed by atoms with Crippen LogP contribution in [0.3, 0.4) is 0 Å². The summed E-state index contributed by atoms with van der Waals surface area (Å²) in [5.74, 6) is -2.24. The van der Waals surface area contributed by atoms with Gasteiger partial charge in [0.05, 0.1) is 10.8 Å². The van der Waals surface area contributed by atoms with Gasteiger partial charge in [0.2, 0.25) is 0 Å². The lowest BCUT2D eigenvalue weighted by atomic mass is 9.98. The second-order valence-electron chi connectivity index (χ2n) is 5.83. The van der Waals surface area contributed by atoms with Gasteiger partial charge in [-0.15, -0.1) is 11.3 Å². The number of aryl methyl sites for hydroxylation is 1. The van der Waals surface area contributed by atoms with Crippen LogP contribution in [0.4, 0.5) is 0 Å². The Bertz CT molecular complexity index is 886. The Labute approximate surface area is 150 Å². The van der Waals surface area contributed by atoms with Gasteiger partial charge in [-0.3, -0.25) is 9.59 Å². The minimum Gasteiger partial charge on any atom is -0.481 e. The smallest absolute Gasteiger partial charge is 0.308 e. The SMILES string of the molecule is Cc1cccc(CC(CNC(=O)c2ccc(S(C)(=O)=O)s2)C(=O)O)c1. The van der Waals surface area contributed by atoms with E-state index in [-0.39, 0.29) is 15.6 Å². The molecule has 8 heteroatoms. The first-order valence-electron chi connectivity index (χ1n) is 7.53. The second-order valence-corrected chi connectivity index (χ2v) is 9.16. The summed E-state index contributed by atoms with van der Waals surface area (Å²) in [6.07, 6.45) is 1.37. The summed E-state index contributed by atoms with van der Waals surface area (Å²) in [4.78, 5) is 23.8. The molecule has 1 heterocycles. The number of carbonyl (C=O) groups excluding carboxylic acids is 1. The van der Waals surface area contributed by atoms with E-state index in [1.165, 1.54) is 12.1 Å². The molecule has 1 aromatic carbocycles. The molecule has 0 saturated heterocycles. The number of rotatable bonds is 7. The van der Waals surface area contributed by atoms with Gasteiger partial charge in [-0.25, -0.2) is 8.42 Å². The molecular formula is C17H19NO5S2. The summed E-state index contributed by atoms with van der Waals surface area (Å²) in [7, 11) is -3.36. The van der Waals surface area contributed by atoms with Crippen molar-refractivity contribution in [3.63, 3.8) is 0 Å². The molecule has 1 amide bonds. The number of benzene rings is 1. The number of amides is 1. The largest absolute Gasteiger partial charge is 0.481 e. The molecule has 0 aliphatic heterocycles. The number of carbonyl (C=O) groups is 2. The van der Waals surface area contributed by atoms with E-state index in [1.807, 2.05) is 31.2 Å². The minimum atomic E-state index is -3.36. The number of aliphatic carboxylic acids is 1. The third-order valence-corrected chi connectivity index (χ3v) is 6.50. The molecule has 0 spiro atoms. The van der Waals surface area contributed by atoms with Crippen LogP contribution in [0.15, 0.2) is 40.6 Å². The predicted molar refractivity (Wildman–Crippen MR) is 95.8 cm³/mol. The van der Waals surface area contributed by atoms with Gasteiger partial charge >= 0.3 is 5.97 Å². The van der Waals surface area contributed by atoms with Gasteiger partial charge in [-0.1, -0.05) is 29.8 Å². The lowest BCUT2D eigenvalue weighted by molar-refractivity contribution is -0.141. The van der Waals surface area contributed by atoms with Crippen molar-refractivity contribution >= 4 is 33.1 Å². The number of nitrogens with one attached hydrogen (secondary N) is 1. The standard InChI is InChI=1S/C17H19NO5S2/c1-11-4-3-5-12(8-11)9-13(17(20)21)10-18-16(19)14-6-7-15(24-14)25(2,22)23/h3-8,13H,9-10H2,1-2H3,(H,18,19)(H,20,21). The zero-order valence-corrected chi connectivity index (χ0v) is 15.5. The molecule has 1 unspecified atom stereocenters. The molecule has 2 aromatic rings. The molecule has 1 aromatic heterocycles. The summed E-state index contributed by atoms with van der Waals surface area (Å²) >= 11 is 0.866. The van der Waals surface area contributed by atoms with Crippen molar-refractivity contribution in [1.82, 2.24) is 5.32 Å². The Balaban J connectivity index is 2.02. The van der Waals surface area contributed by atoms with Gasteiger partial charge in [0.1, 0.15) is 4.21 Å². The van der Waals surface area contributed by atoms with Gasteiger partial charge in [0.15, 0.2) is 9.84 Å². The molecule has 0 saturated carbocycles. The minimum absolute atomic E-state index is 0.0335. The average molecular weight is 381 g/mol. The fourth-order valence-corrected chi connectivity index (χ4v) is 4.16. The summed E-state index contributed by atoms with van der Waals surface area (Å²) in [6, 6.07) is 10.3. The number of carboxylic acid groups (broad SMARTS) is 1. The second kappa shape index (κ2) is 7.79. The highest BCUT2D eigenvalue weighted by Crippen LogP contribution is 2.21. The third-order valence-electron chi connectivity index (χ3n) is 3.59. The molecule has 6 nitrogen and oxygen atoms in total. The number of carboxylic acids is 1. The van der Waals surface area contributed by atoms with Crippen molar-refractivity contribution in [3.05, 3.63) is 52.4 Å². The first kappa shape index (κ1) is 19.1. The van der Waals surface area contributed by atoms with Crippen LogP contribution in [0.5, 0.6) is 0 Å². The van der Waals surface area contributed by atoms with Crippen LogP contribution in [0.25, 0.3) is 0 Å². The molecule has 0 aliphatic carbocycles. The molecule has 0 aliphatic rings. The van der Waals surface area contributed by atoms with Crippen molar-refractivity contribution < 1.29 is 23.1 Å². The quantitative estimate of drug-likeness (QED) is 0.765. The number of thiophene rings is 1. The highest BCUT2D eigenvalue weighted by Gasteiger charge is 2.21. The predicted octanol–water partition coefficient (Wildman–Crippen LogP) is 2.13. The van der Waals surface area contributed by atoms with E-state index in [2.05, 4.69) is 5.32 Å². The van der Waals surface area contributed by atoms with Crippen LogP contribution in [-0.4, -0.2) is 38.2 Å². The first-order valence-corrected chi connectivity index (χ1v) is 10.2. The lowest BCUT2D eigenvalue weighted by Crippen LogP contribution is -2.33. The topological polar surface area (TPSA) is 101 Å². The molecule has 0 radical (unpaired) electrons. The van der Waals surface area contributed by atoms with E-state index < -0.39 is 27.6 Å². The van der Waals surface area contributed by atoms with Gasteiger partial charge < -0.3 is 10.4 Å². The monoisotopic (exact) mass is 381 g/mol. The Morgan fingerprint density at radius 2 is 1.96 bits per heavy atom. The summed E-state index contributed by atoms with van der Waals surface area (Å²) in [5, 5.41) is 11.9. The third kappa shape index (κ3) is 5.40. The molecule has 134 valence electrons. The van der Waals surface area contributed by atoms with Crippen molar-refractivity contribution in [2.75, 3.05) is 12.8 Å². The highest BCUT2D eigenvalue weighted by atomic mass is 32.2. The molecule has 0 bridgehead atoms. The maximum Gasteiger partial charge on any atom is 0.308 e. The molecule has 2 N–H and O–H groups in total. The van der Waals surface area contributed by atoms with E-state index in [9.17, 15) is 23.1 Å². The van der Waals surface area contributed by atoms with E-state index >= 15 is 0 Å². The highest BCUT2D eigenvalue weighted by molar-refractivity contribution is 7.92. The van der Waals surface area contributed by atoms with E-state index in [0.717, 1.165) is 28.7 Å². The zero-order chi connectivity index (χ0) is 18.6. The van der Waals surface area contributed by atoms with Crippen LogP contribution >= 0.6 is 11.3 Å². The molecular weight excluding hydrogens is 362 g/mol. The Morgan fingerprint density at radius 1 is 1.24 bits per heavy atom. The summed E-state index contributed by atoms with van der Waals surface area (Å²) in [5.41, 5.74) is 1.93. The Hall–Kier alpha value is -2.19. The van der Waals surface area contributed by atoms with Crippen molar-refractivity contribution in [1.29, 1.82) is 0 Å². The zero-order valence-electron chi connectivity index (χ0n) is 13.9. The van der Waals surface area contributed by atoms with Gasteiger partial charge in [-0.2, -0.15) is 0 Å². The van der Waals surface area contributed by atoms with Gasteiger partial charge in [0.25, 0.3) is 5.91 Å². The molecule has 1 atom stereocenters. The van der Waals surface area contributed by atoms with E-state index in [1.54, 1.807) is 0 Å². The van der Waals surface area contributed by atoms with Crippen LogP contribution in [0.1, 0.15) is 20.8 Å². The summed E-state index contributed by atoms with van der Waals surface area (Å²) < 4.78 is 23.0. The maximum absolute atomic E-state index is 12.1. The number of hydrogen-bond acceptors (Lipinski definition) is 5. The van der Waals surface area contributed by atoms with Crippen LogP contribution in [-0.2, 0) is 21.1 Å². The van der Waals surface area contributed by atoms with Crippen LogP contribution in [0, 0.1) is 12.8 Å². The Morgan fingerprint density at radius 3 is 2.52 bits per heavy atom.